The first-order valence-electron chi connectivity index (χ1n) is 8.83. The van der Waals surface area contributed by atoms with Gasteiger partial charge in [0.05, 0.1) is 6.61 Å². The largest absolute Gasteiger partial charge is 0.396 e. The fourth-order valence-corrected chi connectivity index (χ4v) is 4.82. The normalized spacial score (nSPS) is 24.3. The molecule has 0 saturated carbocycles. The molecule has 2 saturated heterocycles. The van der Waals surface area contributed by atoms with Crippen LogP contribution in [0.3, 0.4) is 0 Å². The minimum absolute atomic E-state index is 0.138. The van der Waals surface area contributed by atoms with E-state index >= 15 is 0 Å². The molecule has 0 radical (unpaired) electrons. The molecule has 2 aliphatic rings. The van der Waals surface area contributed by atoms with Crippen molar-refractivity contribution < 1.29 is 18.6 Å². The standard InChI is InChI=1S/C18H21F2N3O2S/c19-14-7-12(8-15(20)9-14)16-21-17(26-22-16)23-4-3-18(10-23,11-24)13-1-5-25-6-2-13/h7-9,13,24H,1-6,10-11H2. The molecule has 2 aromatic rings. The number of benzene rings is 1. The van der Waals surface area contributed by atoms with Crippen molar-refractivity contribution in [2.45, 2.75) is 19.3 Å². The molecule has 0 aliphatic carbocycles. The second-order valence-corrected chi connectivity index (χ2v) is 7.87. The van der Waals surface area contributed by atoms with E-state index in [1.807, 2.05) is 0 Å². The molecule has 1 atom stereocenters. The summed E-state index contributed by atoms with van der Waals surface area (Å²) in [5.41, 5.74) is 0.197. The number of anilines is 1. The molecule has 0 spiro atoms. The Morgan fingerprint density at radius 2 is 1.96 bits per heavy atom. The van der Waals surface area contributed by atoms with Gasteiger partial charge in [-0.1, -0.05) is 0 Å². The number of aliphatic hydroxyl groups excluding tert-OH is 1. The van der Waals surface area contributed by atoms with E-state index in [0.717, 1.165) is 56.8 Å². The molecular weight excluding hydrogens is 360 g/mol. The fraction of sp³-hybridized carbons (Fsp3) is 0.556. The zero-order chi connectivity index (χ0) is 18.1. The third-order valence-electron chi connectivity index (χ3n) is 5.59. The average Bonchev–Trinajstić information content (AvgIpc) is 3.30. The van der Waals surface area contributed by atoms with E-state index in [1.165, 1.54) is 23.7 Å². The maximum atomic E-state index is 13.4. The predicted octanol–water partition coefficient (Wildman–Crippen LogP) is 3.10. The van der Waals surface area contributed by atoms with Crippen molar-refractivity contribution in [2.24, 2.45) is 11.3 Å². The molecule has 1 unspecified atom stereocenters. The number of hydrogen-bond acceptors (Lipinski definition) is 6. The van der Waals surface area contributed by atoms with Crippen molar-refractivity contribution in [1.82, 2.24) is 9.36 Å². The lowest BCUT2D eigenvalue weighted by molar-refractivity contribution is -0.00720. The highest BCUT2D eigenvalue weighted by Crippen LogP contribution is 2.44. The van der Waals surface area contributed by atoms with Crippen LogP contribution in [-0.2, 0) is 4.74 Å². The van der Waals surface area contributed by atoms with Crippen molar-refractivity contribution in [3.8, 4) is 11.4 Å². The molecule has 0 bridgehead atoms. The molecule has 3 heterocycles. The summed E-state index contributed by atoms with van der Waals surface area (Å²) in [7, 11) is 0. The Bertz CT molecular complexity index is 761. The second-order valence-electron chi connectivity index (χ2n) is 7.14. The Morgan fingerprint density at radius 1 is 1.23 bits per heavy atom. The summed E-state index contributed by atoms with van der Waals surface area (Å²) in [6.45, 7) is 3.17. The number of ether oxygens (including phenoxy) is 1. The molecular formula is C18H21F2N3O2S. The first kappa shape index (κ1) is 17.8. The molecule has 1 N–H and O–H groups in total. The van der Waals surface area contributed by atoms with Crippen LogP contribution < -0.4 is 4.90 Å². The lowest BCUT2D eigenvalue weighted by Gasteiger charge is -2.38. The Hall–Kier alpha value is -1.64. The smallest absolute Gasteiger partial charge is 0.205 e. The summed E-state index contributed by atoms with van der Waals surface area (Å²) in [6, 6.07) is 3.30. The van der Waals surface area contributed by atoms with Crippen molar-refractivity contribution in [3.63, 3.8) is 0 Å². The third kappa shape index (κ3) is 3.33. The number of aromatic nitrogens is 2. The molecule has 5 nitrogen and oxygen atoms in total. The highest BCUT2D eigenvalue weighted by atomic mass is 32.1. The molecule has 8 heteroatoms. The molecule has 4 rings (SSSR count). The number of aliphatic hydroxyl groups is 1. The van der Waals surface area contributed by atoms with Crippen LogP contribution in [0.5, 0.6) is 0 Å². The maximum Gasteiger partial charge on any atom is 0.205 e. The predicted molar refractivity (Wildman–Crippen MR) is 95.2 cm³/mol. The Kier molecular flexibility index (Phi) is 4.90. The maximum absolute atomic E-state index is 13.4. The van der Waals surface area contributed by atoms with Crippen molar-refractivity contribution >= 4 is 16.7 Å². The van der Waals surface area contributed by atoms with Crippen LogP contribution in [0, 0.1) is 23.0 Å². The van der Waals surface area contributed by atoms with Crippen molar-refractivity contribution in [3.05, 3.63) is 29.8 Å². The topological polar surface area (TPSA) is 58.5 Å². The molecule has 1 aromatic carbocycles. The van der Waals surface area contributed by atoms with Crippen LogP contribution in [0.25, 0.3) is 11.4 Å². The monoisotopic (exact) mass is 381 g/mol. The molecule has 0 amide bonds. The summed E-state index contributed by atoms with van der Waals surface area (Å²) in [5.74, 6) is -0.514. The Labute approximate surface area is 154 Å². The van der Waals surface area contributed by atoms with E-state index in [-0.39, 0.29) is 12.0 Å². The molecule has 140 valence electrons. The Balaban J connectivity index is 1.53. The summed E-state index contributed by atoms with van der Waals surface area (Å²) < 4.78 is 36.6. The van der Waals surface area contributed by atoms with Gasteiger partial charge in [-0.25, -0.2) is 8.78 Å². The third-order valence-corrected chi connectivity index (χ3v) is 6.37. The van der Waals surface area contributed by atoms with Crippen molar-refractivity contribution in [1.29, 1.82) is 0 Å². The number of hydrogen-bond donors (Lipinski definition) is 1. The van der Waals surface area contributed by atoms with Crippen LogP contribution in [0.2, 0.25) is 0 Å². The van der Waals surface area contributed by atoms with E-state index in [2.05, 4.69) is 14.3 Å². The number of halogens is 2. The van der Waals surface area contributed by atoms with Gasteiger partial charge in [-0.3, -0.25) is 0 Å². The van der Waals surface area contributed by atoms with Gasteiger partial charge in [0.2, 0.25) is 5.13 Å². The van der Waals surface area contributed by atoms with E-state index < -0.39 is 11.6 Å². The van der Waals surface area contributed by atoms with E-state index in [4.69, 9.17) is 4.74 Å². The van der Waals surface area contributed by atoms with Crippen LogP contribution in [-0.4, -0.2) is 47.4 Å². The summed E-state index contributed by atoms with van der Waals surface area (Å²) in [6.07, 6.45) is 2.84. The zero-order valence-corrected chi connectivity index (χ0v) is 15.1. The van der Waals surface area contributed by atoms with Crippen molar-refractivity contribution in [2.75, 3.05) is 37.8 Å². The zero-order valence-electron chi connectivity index (χ0n) is 14.3. The fourth-order valence-electron chi connectivity index (χ4n) is 4.10. The quantitative estimate of drug-likeness (QED) is 0.882. The summed E-state index contributed by atoms with van der Waals surface area (Å²) >= 11 is 1.22. The molecule has 2 aliphatic heterocycles. The average molecular weight is 381 g/mol. The van der Waals surface area contributed by atoms with Gasteiger partial charge in [-0.15, -0.1) is 0 Å². The lowest BCUT2D eigenvalue weighted by atomic mass is 9.71. The molecule has 1 aromatic heterocycles. The number of rotatable bonds is 4. The highest BCUT2D eigenvalue weighted by Gasteiger charge is 2.45. The summed E-state index contributed by atoms with van der Waals surface area (Å²) in [5, 5.41) is 10.8. The van der Waals surface area contributed by atoms with E-state index in [1.54, 1.807) is 0 Å². The van der Waals surface area contributed by atoms with Gasteiger partial charge in [0.1, 0.15) is 11.6 Å². The first-order valence-corrected chi connectivity index (χ1v) is 9.61. The van der Waals surface area contributed by atoms with Crippen LogP contribution in [0.4, 0.5) is 13.9 Å². The lowest BCUT2D eigenvalue weighted by Crippen LogP contribution is -2.40. The van der Waals surface area contributed by atoms with Crippen LogP contribution >= 0.6 is 11.5 Å². The van der Waals surface area contributed by atoms with Gasteiger partial charge in [-0.2, -0.15) is 9.36 Å². The van der Waals surface area contributed by atoms with Gasteiger partial charge in [0, 0.05) is 54.9 Å². The van der Waals surface area contributed by atoms with Crippen LogP contribution in [0.1, 0.15) is 19.3 Å². The van der Waals surface area contributed by atoms with Crippen LogP contribution in [0.15, 0.2) is 18.2 Å². The minimum atomic E-state index is -0.642. The summed E-state index contributed by atoms with van der Waals surface area (Å²) in [4.78, 5) is 6.61. The van der Waals surface area contributed by atoms with Gasteiger partial charge >= 0.3 is 0 Å². The number of nitrogens with zero attached hydrogens (tertiary/aromatic N) is 3. The van der Waals surface area contributed by atoms with E-state index in [0.29, 0.717) is 17.3 Å². The second kappa shape index (κ2) is 7.17. The molecule has 2 fully saturated rings. The van der Waals surface area contributed by atoms with E-state index in [9.17, 15) is 13.9 Å². The Morgan fingerprint density at radius 3 is 2.65 bits per heavy atom. The first-order chi connectivity index (χ1) is 12.6. The van der Waals surface area contributed by atoms with Gasteiger partial charge in [-0.05, 0) is 37.3 Å². The van der Waals surface area contributed by atoms with Gasteiger partial charge in [0.15, 0.2) is 5.82 Å². The highest BCUT2D eigenvalue weighted by molar-refractivity contribution is 7.09. The van der Waals surface area contributed by atoms with Gasteiger partial charge < -0.3 is 14.7 Å². The SMILES string of the molecule is OCC1(C2CCOCC2)CCN(c2nc(-c3cc(F)cc(F)c3)ns2)C1. The minimum Gasteiger partial charge on any atom is -0.396 e. The van der Waals surface area contributed by atoms with Gasteiger partial charge in [0.25, 0.3) is 0 Å². The molecule has 26 heavy (non-hydrogen) atoms.